The van der Waals surface area contributed by atoms with E-state index < -0.39 is 11.5 Å². The first-order valence-electron chi connectivity index (χ1n) is 8.05. The number of amides is 1. The Labute approximate surface area is 148 Å². The van der Waals surface area contributed by atoms with Crippen molar-refractivity contribution < 1.29 is 9.53 Å². The molecule has 2 heterocycles. The lowest BCUT2D eigenvalue weighted by Gasteiger charge is -2.11. The number of benzene rings is 1. The van der Waals surface area contributed by atoms with E-state index in [1.807, 2.05) is 0 Å². The number of methoxy groups -OCH3 is 1. The molecule has 0 saturated carbocycles. The van der Waals surface area contributed by atoms with Gasteiger partial charge in [0.05, 0.1) is 30.8 Å². The summed E-state index contributed by atoms with van der Waals surface area (Å²) in [6, 6.07) is 10.1. The van der Waals surface area contributed by atoms with Crippen LogP contribution in [0.2, 0.25) is 0 Å². The van der Waals surface area contributed by atoms with Crippen LogP contribution in [-0.2, 0) is 17.8 Å². The summed E-state index contributed by atoms with van der Waals surface area (Å²) in [4.78, 5) is 38.9. The van der Waals surface area contributed by atoms with Crippen LogP contribution >= 0.6 is 0 Å². The number of aromatic amines is 1. The van der Waals surface area contributed by atoms with Gasteiger partial charge in [-0.15, -0.1) is 0 Å². The van der Waals surface area contributed by atoms with Gasteiger partial charge in [0.1, 0.15) is 5.56 Å². The number of carbonyl (C=O) groups excluding carboxylic acids is 1. The second-order valence-corrected chi connectivity index (χ2v) is 5.61. The minimum atomic E-state index is -0.507. The van der Waals surface area contributed by atoms with Crippen LogP contribution in [0.25, 0.3) is 10.8 Å². The van der Waals surface area contributed by atoms with E-state index in [1.54, 1.807) is 37.4 Å². The molecule has 1 aromatic carbocycles. The summed E-state index contributed by atoms with van der Waals surface area (Å²) in [5.74, 6) is -0.507. The van der Waals surface area contributed by atoms with Crippen LogP contribution in [0.1, 0.15) is 16.1 Å². The predicted molar refractivity (Wildman–Crippen MR) is 96.1 cm³/mol. The molecule has 2 N–H and O–H groups in total. The highest BCUT2D eigenvalue weighted by Crippen LogP contribution is 2.13. The summed E-state index contributed by atoms with van der Waals surface area (Å²) in [6.45, 7) is 0.733. The zero-order valence-electron chi connectivity index (χ0n) is 14.2. The number of rotatable bonds is 6. The molecule has 8 nitrogen and oxygen atoms in total. The van der Waals surface area contributed by atoms with Crippen LogP contribution in [0.5, 0.6) is 0 Å². The lowest BCUT2D eigenvalue weighted by atomic mass is 10.1. The standard InChI is InChI=1S/C18H18N4O4/c1-26-10-9-22-18(25)13-6-3-2-5-12(13)15(21-22)11-20-17(24)14-7-4-8-19-16(14)23/h2-8H,9-11H2,1H3,(H,19,23)(H,20,24). The molecule has 0 atom stereocenters. The molecule has 26 heavy (non-hydrogen) atoms. The van der Waals surface area contributed by atoms with Crippen LogP contribution in [0.4, 0.5) is 0 Å². The maximum Gasteiger partial charge on any atom is 0.274 e. The number of pyridine rings is 1. The second kappa shape index (κ2) is 7.75. The van der Waals surface area contributed by atoms with Gasteiger partial charge in [-0.1, -0.05) is 18.2 Å². The Balaban J connectivity index is 1.93. The monoisotopic (exact) mass is 354 g/mol. The first-order valence-corrected chi connectivity index (χ1v) is 8.05. The smallest absolute Gasteiger partial charge is 0.274 e. The van der Waals surface area contributed by atoms with Crippen LogP contribution in [-0.4, -0.2) is 34.4 Å². The summed E-state index contributed by atoms with van der Waals surface area (Å²) in [5.41, 5.74) is -0.123. The lowest BCUT2D eigenvalue weighted by molar-refractivity contribution is 0.0948. The van der Waals surface area contributed by atoms with E-state index in [1.165, 1.54) is 16.9 Å². The van der Waals surface area contributed by atoms with Crippen LogP contribution < -0.4 is 16.4 Å². The van der Waals surface area contributed by atoms with Gasteiger partial charge >= 0.3 is 0 Å². The van der Waals surface area contributed by atoms with Crippen molar-refractivity contribution in [3.05, 3.63) is 74.6 Å². The van der Waals surface area contributed by atoms with E-state index >= 15 is 0 Å². The number of hydrogen-bond acceptors (Lipinski definition) is 5. The molecule has 0 bridgehead atoms. The third-order valence-corrected chi connectivity index (χ3v) is 3.93. The minimum absolute atomic E-state index is 0.0181. The van der Waals surface area contributed by atoms with Gasteiger partial charge in [0.2, 0.25) is 0 Å². The fraction of sp³-hybridized carbons (Fsp3) is 0.222. The zero-order chi connectivity index (χ0) is 18.5. The number of nitrogens with one attached hydrogen (secondary N) is 2. The molecule has 1 amide bonds. The van der Waals surface area contributed by atoms with E-state index in [9.17, 15) is 14.4 Å². The maximum atomic E-state index is 12.5. The molecular formula is C18H18N4O4. The highest BCUT2D eigenvalue weighted by Gasteiger charge is 2.13. The van der Waals surface area contributed by atoms with Gasteiger partial charge in [-0.2, -0.15) is 5.10 Å². The first kappa shape index (κ1) is 17.6. The van der Waals surface area contributed by atoms with Gasteiger partial charge < -0.3 is 15.0 Å². The van der Waals surface area contributed by atoms with Crippen molar-refractivity contribution in [3.63, 3.8) is 0 Å². The van der Waals surface area contributed by atoms with Crippen molar-refractivity contribution in [1.82, 2.24) is 20.1 Å². The van der Waals surface area contributed by atoms with Gasteiger partial charge in [0.25, 0.3) is 17.0 Å². The molecule has 8 heteroatoms. The van der Waals surface area contributed by atoms with Crippen LogP contribution in [0.3, 0.4) is 0 Å². The highest BCUT2D eigenvalue weighted by atomic mass is 16.5. The van der Waals surface area contributed by atoms with E-state index in [2.05, 4.69) is 15.4 Å². The van der Waals surface area contributed by atoms with Crippen molar-refractivity contribution >= 4 is 16.7 Å². The van der Waals surface area contributed by atoms with Crippen molar-refractivity contribution in [1.29, 1.82) is 0 Å². The van der Waals surface area contributed by atoms with E-state index in [0.717, 1.165) is 0 Å². The number of H-pyrrole nitrogens is 1. The van der Waals surface area contributed by atoms with Gasteiger partial charge in [-0.05, 0) is 18.2 Å². The second-order valence-electron chi connectivity index (χ2n) is 5.61. The molecule has 0 radical (unpaired) electrons. The summed E-state index contributed by atoms with van der Waals surface area (Å²) >= 11 is 0. The Bertz CT molecular complexity index is 1050. The maximum absolute atomic E-state index is 12.5. The number of nitrogens with zero attached hydrogens (tertiary/aromatic N) is 2. The molecular weight excluding hydrogens is 336 g/mol. The normalized spacial score (nSPS) is 10.8. The predicted octanol–water partition coefficient (Wildman–Crippen LogP) is 0.661. The Morgan fingerprint density at radius 1 is 1.19 bits per heavy atom. The molecule has 0 saturated heterocycles. The quantitative estimate of drug-likeness (QED) is 0.676. The molecule has 2 aromatic heterocycles. The highest BCUT2D eigenvalue weighted by molar-refractivity contribution is 5.94. The zero-order valence-corrected chi connectivity index (χ0v) is 14.2. The van der Waals surface area contributed by atoms with Gasteiger partial charge in [0.15, 0.2) is 0 Å². The SMILES string of the molecule is COCCn1nc(CNC(=O)c2ccc[nH]c2=O)c2ccccc2c1=O. The van der Waals surface area contributed by atoms with Crippen LogP contribution in [0, 0.1) is 0 Å². The Morgan fingerprint density at radius 3 is 2.69 bits per heavy atom. The topological polar surface area (TPSA) is 106 Å². The van der Waals surface area contributed by atoms with Crippen LogP contribution in [0.15, 0.2) is 52.2 Å². The van der Waals surface area contributed by atoms with Gasteiger partial charge in [-0.3, -0.25) is 14.4 Å². The van der Waals surface area contributed by atoms with Crippen molar-refractivity contribution in [3.8, 4) is 0 Å². The molecule has 0 unspecified atom stereocenters. The fourth-order valence-electron chi connectivity index (χ4n) is 2.62. The number of hydrogen-bond donors (Lipinski definition) is 2. The first-order chi connectivity index (χ1) is 12.6. The number of fused-ring (bicyclic) bond motifs is 1. The molecule has 3 rings (SSSR count). The molecule has 0 fully saturated rings. The lowest BCUT2D eigenvalue weighted by Crippen LogP contribution is -2.31. The summed E-state index contributed by atoms with van der Waals surface area (Å²) in [7, 11) is 1.55. The number of carbonyl (C=O) groups is 1. The molecule has 0 aliphatic heterocycles. The average molecular weight is 354 g/mol. The van der Waals surface area contributed by atoms with Gasteiger partial charge in [0, 0.05) is 18.7 Å². The largest absolute Gasteiger partial charge is 0.383 e. The molecule has 134 valence electrons. The van der Waals surface area contributed by atoms with E-state index in [4.69, 9.17) is 4.74 Å². The number of aromatic nitrogens is 3. The Kier molecular flexibility index (Phi) is 5.23. The van der Waals surface area contributed by atoms with Crippen molar-refractivity contribution in [2.75, 3.05) is 13.7 Å². The molecule has 0 aliphatic rings. The summed E-state index contributed by atoms with van der Waals surface area (Å²) < 4.78 is 6.34. The number of ether oxygens (including phenoxy) is 1. The van der Waals surface area contributed by atoms with E-state index in [0.29, 0.717) is 29.6 Å². The molecule has 3 aromatic rings. The van der Waals surface area contributed by atoms with E-state index in [-0.39, 0.29) is 17.7 Å². The fourth-order valence-corrected chi connectivity index (χ4v) is 2.62. The third-order valence-electron chi connectivity index (χ3n) is 3.93. The van der Waals surface area contributed by atoms with Gasteiger partial charge in [-0.25, -0.2) is 4.68 Å². The third kappa shape index (κ3) is 3.55. The van der Waals surface area contributed by atoms with Crippen molar-refractivity contribution in [2.45, 2.75) is 13.1 Å². The Hall–Kier alpha value is -3.26. The Morgan fingerprint density at radius 2 is 1.96 bits per heavy atom. The van der Waals surface area contributed by atoms with Crippen molar-refractivity contribution in [2.24, 2.45) is 0 Å². The summed E-state index contributed by atoms with van der Waals surface area (Å²) in [5, 5.41) is 8.21. The average Bonchev–Trinajstić information content (AvgIpc) is 2.67. The minimum Gasteiger partial charge on any atom is -0.383 e. The summed E-state index contributed by atoms with van der Waals surface area (Å²) in [6.07, 6.45) is 1.46. The molecule has 0 spiro atoms. The molecule has 0 aliphatic carbocycles.